The molecule has 1 aliphatic heterocycles. The van der Waals surface area contributed by atoms with Crippen molar-refractivity contribution >= 4 is 43.3 Å². The van der Waals surface area contributed by atoms with Gasteiger partial charge in [-0.05, 0) is 53.0 Å². The zero-order chi connectivity index (χ0) is 17.2. The Bertz CT molecular complexity index is 812. The Kier molecular flexibility index (Phi) is 5.39. The van der Waals surface area contributed by atoms with Gasteiger partial charge in [0, 0.05) is 13.1 Å². The number of carbonyl (C=O) groups excluding carboxylic acids is 1. The van der Waals surface area contributed by atoms with Crippen LogP contribution in [0, 0.1) is 5.92 Å². The summed E-state index contributed by atoms with van der Waals surface area (Å²) in [7, 11) is -3.48. The summed E-state index contributed by atoms with van der Waals surface area (Å²) in [4.78, 5) is 12.2. The Labute approximate surface area is 153 Å². The smallest absolute Gasteiger partial charge is 0.314 e. The predicted molar refractivity (Wildman–Crippen MR) is 95.6 cm³/mol. The molecule has 2 aromatic rings. The van der Waals surface area contributed by atoms with Gasteiger partial charge in [0.15, 0.2) is 0 Å². The molecule has 0 atom stereocenters. The summed E-state index contributed by atoms with van der Waals surface area (Å²) in [6, 6.07) is 12.2. The number of carbonyl (C=O) groups is 1. The lowest BCUT2D eigenvalue weighted by Gasteiger charge is -2.29. The first kappa shape index (κ1) is 17.6. The van der Waals surface area contributed by atoms with Crippen LogP contribution >= 0.6 is 27.3 Å². The average molecular weight is 430 g/mol. The largest absolute Gasteiger partial charge is 0.426 e. The van der Waals surface area contributed by atoms with E-state index in [1.54, 1.807) is 36.4 Å². The first-order chi connectivity index (χ1) is 11.5. The van der Waals surface area contributed by atoms with Crippen molar-refractivity contribution in [1.82, 2.24) is 4.31 Å². The molecule has 1 fully saturated rings. The van der Waals surface area contributed by atoms with Crippen LogP contribution in [0.3, 0.4) is 0 Å². The molecule has 3 rings (SSSR count). The Morgan fingerprint density at radius 2 is 1.79 bits per heavy atom. The highest BCUT2D eigenvalue weighted by atomic mass is 79.9. The van der Waals surface area contributed by atoms with Crippen LogP contribution in [0.1, 0.15) is 12.8 Å². The molecule has 1 aromatic heterocycles. The van der Waals surface area contributed by atoms with Crippen LogP contribution in [-0.4, -0.2) is 31.8 Å². The fraction of sp³-hybridized carbons (Fsp3) is 0.312. The normalized spacial score (nSPS) is 16.9. The number of sulfonamides is 1. The van der Waals surface area contributed by atoms with Crippen molar-refractivity contribution in [3.8, 4) is 5.75 Å². The predicted octanol–water partition coefficient (Wildman–Crippen LogP) is 3.52. The van der Waals surface area contributed by atoms with Crippen LogP contribution in [0.2, 0.25) is 0 Å². The standard InChI is InChI=1S/C16H16BrNO4S2/c17-14-6-7-15(23-14)24(20,21)18-10-8-12(9-11-18)16(19)22-13-4-2-1-3-5-13/h1-7,12H,8-11H2. The van der Waals surface area contributed by atoms with Crippen LogP contribution in [0.25, 0.3) is 0 Å². The molecule has 0 aliphatic carbocycles. The number of piperidine rings is 1. The lowest BCUT2D eigenvalue weighted by Crippen LogP contribution is -2.40. The van der Waals surface area contributed by atoms with E-state index in [0.717, 1.165) is 3.79 Å². The Hall–Kier alpha value is -1.22. The molecular weight excluding hydrogens is 414 g/mol. The third-order valence-electron chi connectivity index (χ3n) is 3.89. The topological polar surface area (TPSA) is 63.7 Å². The van der Waals surface area contributed by atoms with Crippen LogP contribution in [0.4, 0.5) is 0 Å². The number of ether oxygens (including phenoxy) is 1. The van der Waals surface area contributed by atoms with Crippen molar-refractivity contribution in [1.29, 1.82) is 0 Å². The minimum atomic E-state index is -3.48. The molecule has 0 spiro atoms. The minimum absolute atomic E-state index is 0.272. The molecule has 2 heterocycles. The molecular formula is C16H16BrNO4S2. The molecule has 0 saturated carbocycles. The second kappa shape index (κ2) is 7.35. The van der Waals surface area contributed by atoms with Gasteiger partial charge in [0.05, 0.1) is 9.70 Å². The third-order valence-corrected chi connectivity index (χ3v) is 7.88. The lowest BCUT2D eigenvalue weighted by molar-refractivity contribution is -0.140. The van der Waals surface area contributed by atoms with Crippen molar-refractivity contribution in [3.05, 3.63) is 46.3 Å². The lowest BCUT2D eigenvalue weighted by atomic mass is 9.98. The van der Waals surface area contributed by atoms with E-state index in [9.17, 15) is 13.2 Å². The number of nitrogens with zero attached hydrogens (tertiary/aromatic N) is 1. The van der Waals surface area contributed by atoms with Gasteiger partial charge in [0.25, 0.3) is 10.0 Å². The van der Waals surface area contributed by atoms with Crippen LogP contribution in [-0.2, 0) is 14.8 Å². The van der Waals surface area contributed by atoms with Crippen molar-refractivity contribution in [2.75, 3.05) is 13.1 Å². The molecule has 1 saturated heterocycles. The summed E-state index contributed by atoms with van der Waals surface area (Å²) in [5.74, 6) is -0.0511. The summed E-state index contributed by atoms with van der Waals surface area (Å²) < 4.78 is 33.0. The van der Waals surface area contributed by atoms with E-state index in [-0.39, 0.29) is 11.9 Å². The molecule has 5 nitrogen and oxygen atoms in total. The van der Waals surface area contributed by atoms with Crippen molar-refractivity contribution in [2.45, 2.75) is 17.1 Å². The molecule has 1 aliphatic rings. The highest BCUT2D eigenvalue weighted by Crippen LogP contribution is 2.31. The van der Waals surface area contributed by atoms with Crippen LogP contribution < -0.4 is 4.74 Å². The number of para-hydroxylation sites is 1. The fourth-order valence-electron chi connectivity index (χ4n) is 2.58. The number of thiophene rings is 1. The summed E-state index contributed by atoms with van der Waals surface area (Å²) in [6.07, 6.45) is 0.939. The zero-order valence-corrected chi connectivity index (χ0v) is 15.9. The molecule has 0 radical (unpaired) electrons. The maximum atomic E-state index is 12.6. The molecule has 8 heteroatoms. The molecule has 128 valence electrons. The van der Waals surface area contributed by atoms with E-state index in [1.807, 2.05) is 6.07 Å². The quantitative estimate of drug-likeness (QED) is 0.550. The van der Waals surface area contributed by atoms with Gasteiger partial charge in [-0.15, -0.1) is 11.3 Å². The molecule has 0 bridgehead atoms. The van der Waals surface area contributed by atoms with Crippen molar-refractivity contribution < 1.29 is 17.9 Å². The van der Waals surface area contributed by atoms with E-state index in [4.69, 9.17) is 4.74 Å². The second-order valence-corrected chi connectivity index (χ2v) is 10.1. The highest BCUT2D eigenvalue weighted by molar-refractivity contribution is 9.11. The highest BCUT2D eigenvalue weighted by Gasteiger charge is 2.33. The van der Waals surface area contributed by atoms with Crippen LogP contribution in [0.15, 0.2) is 50.5 Å². The number of rotatable bonds is 4. The average Bonchev–Trinajstić information content (AvgIpc) is 3.03. The number of esters is 1. The number of benzene rings is 1. The first-order valence-electron chi connectivity index (χ1n) is 7.49. The van der Waals surface area contributed by atoms with E-state index < -0.39 is 10.0 Å². The maximum absolute atomic E-state index is 12.6. The first-order valence-corrected chi connectivity index (χ1v) is 10.5. The third kappa shape index (κ3) is 3.88. The summed E-state index contributed by atoms with van der Waals surface area (Å²) in [5, 5.41) is 0. The molecule has 24 heavy (non-hydrogen) atoms. The molecule has 0 amide bonds. The van der Waals surface area contributed by atoms with E-state index in [2.05, 4.69) is 15.9 Å². The summed E-state index contributed by atoms with van der Waals surface area (Å²) in [5.41, 5.74) is 0. The Balaban J connectivity index is 1.60. The van der Waals surface area contributed by atoms with Gasteiger partial charge in [0.2, 0.25) is 0 Å². The van der Waals surface area contributed by atoms with Gasteiger partial charge in [-0.1, -0.05) is 18.2 Å². The second-order valence-electron chi connectivity index (χ2n) is 5.47. The molecule has 0 N–H and O–H groups in total. The monoisotopic (exact) mass is 429 g/mol. The molecule has 1 aromatic carbocycles. The summed E-state index contributed by atoms with van der Waals surface area (Å²) in [6.45, 7) is 0.652. The maximum Gasteiger partial charge on any atom is 0.314 e. The van der Waals surface area contributed by atoms with E-state index >= 15 is 0 Å². The van der Waals surface area contributed by atoms with E-state index in [1.165, 1.54) is 15.6 Å². The Morgan fingerprint density at radius 1 is 1.12 bits per heavy atom. The van der Waals surface area contributed by atoms with Gasteiger partial charge < -0.3 is 4.74 Å². The van der Waals surface area contributed by atoms with Crippen molar-refractivity contribution in [3.63, 3.8) is 0 Å². The number of hydrogen-bond acceptors (Lipinski definition) is 5. The van der Waals surface area contributed by atoms with Gasteiger partial charge in [-0.25, -0.2) is 8.42 Å². The number of halogens is 1. The molecule has 0 unspecified atom stereocenters. The fourth-order valence-corrected chi connectivity index (χ4v) is 6.22. The van der Waals surface area contributed by atoms with Gasteiger partial charge in [-0.2, -0.15) is 4.31 Å². The Morgan fingerprint density at radius 3 is 2.38 bits per heavy atom. The van der Waals surface area contributed by atoms with Crippen molar-refractivity contribution in [2.24, 2.45) is 5.92 Å². The van der Waals surface area contributed by atoms with Crippen LogP contribution in [0.5, 0.6) is 5.75 Å². The summed E-state index contributed by atoms with van der Waals surface area (Å²) >= 11 is 4.48. The SMILES string of the molecule is O=C(Oc1ccccc1)C1CCN(S(=O)(=O)c2ccc(Br)s2)CC1. The van der Waals surface area contributed by atoms with Gasteiger partial charge in [0.1, 0.15) is 9.96 Å². The number of hydrogen-bond donors (Lipinski definition) is 0. The van der Waals surface area contributed by atoms with E-state index in [0.29, 0.717) is 35.9 Å². The van der Waals surface area contributed by atoms with Gasteiger partial charge in [-0.3, -0.25) is 4.79 Å². The minimum Gasteiger partial charge on any atom is -0.426 e. The van der Waals surface area contributed by atoms with Gasteiger partial charge >= 0.3 is 5.97 Å². The zero-order valence-electron chi connectivity index (χ0n) is 12.7.